The average Bonchev–Trinajstić information content (AvgIpc) is 2.42. The van der Waals surface area contributed by atoms with E-state index in [2.05, 4.69) is 55.5 Å². The summed E-state index contributed by atoms with van der Waals surface area (Å²) in [5.74, 6) is 1.08. The maximum absolute atomic E-state index is 5.50. The van der Waals surface area contributed by atoms with Gasteiger partial charge in [-0.2, -0.15) is 0 Å². The fourth-order valence-electron chi connectivity index (χ4n) is 1.84. The van der Waals surface area contributed by atoms with Crippen LogP contribution >= 0.6 is 15.9 Å². The number of benzene rings is 2. The number of nitrogen functional groups attached to an aromatic ring is 1. The predicted molar refractivity (Wildman–Crippen MR) is 81.4 cm³/mol. The summed E-state index contributed by atoms with van der Waals surface area (Å²) in [5.41, 5.74) is 6.47. The van der Waals surface area contributed by atoms with Crippen molar-refractivity contribution >= 4 is 44.0 Å². The van der Waals surface area contributed by atoms with Crippen LogP contribution in [-0.2, 0) is 0 Å². The van der Waals surface area contributed by atoms with E-state index >= 15 is 0 Å². The Morgan fingerprint density at radius 1 is 0.947 bits per heavy atom. The van der Waals surface area contributed by atoms with Crippen LogP contribution in [0.2, 0.25) is 0 Å². The molecule has 0 aliphatic heterocycles. The molecule has 19 heavy (non-hydrogen) atoms. The third-order valence-corrected chi connectivity index (χ3v) is 3.24. The molecule has 0 saturated carbocycles. The normalized spacial score (nSPS) is 10.6. The summed E-state index contributed by atoms with van der Waals surface area (Å²) >= 11 is 3.47. The Morgan fingerprint density at radius 3 is 2.53 bits per heavy atom. The third kappa shape index (κ3) is 2.66. The molecule has 0 saturated heterocycles. The summed E-state index contributed by atoms with van der Waals surface area (Å²) < 4.78 is 1.07. The van der Waals surface area contributed by atoms with Gasteiger partial charge >= 0.3 is 0 Å². The molecule has 3 aromatic rings. The van der Waals surface area contributed by atoms with Crippen molar-refractivity contribution in [2.45, 2.75) is 0 Å². The highest BCUT2D eigenvalue weighted by Gasteiger charge is 1.99. The highest BCUT2D eigenvalue weighted by molar-refractivity contribution is 9.10. The Labute approximate surface area is 118 Å². The minimum atomic E-state index is 0.411. The molecule has 0 amide bonds. The van der Waals surface area contributed by atoms with E-state index in [4.69, 9.17) is 5.73 Å². The predicted octanol–water partition coefficient (Wildman–Crippen LogP) is 3.72. The van der Waals surface area contributed by atoms with Gasteiger partial charge in [0.05, 0.1) is 12.4 Å². The first-order chi connectivity index (χ1) is 9.20. The van der Waals surface area contributed by atoms with E-state index in [9.17, 15) is 0 Å². The molecule has 94 valence electrons. The van der Waals surface area contributed by atoms with Crippen molar-refractivity contribution in [2.24, 2.45) is 0 Å². The maximum Gasteiger partial charge on any atom is 0.149 e. The van der Waals surface area contributed by atoms with E-state index in [1.807, 2.05) is 12.1 Å². The van der Waals surface area contributed by atoms with Crippen LogP contribution in [0.25, 0.3) is 10.8 Å². The van der Waals surface area contributed by atoms with Crippen LogP contribution < -0.4 is 11.1 Å². The monoisotopic (exact) mass is 314 g/mol. The second kappa shape index (κ2) is 4.85. The summed E-state index contributed by atoms with van der Waals surface area (Å²) in [6.07, 6.45) is 3.14. The zero-order chi connectivity index (χ0) is 13.2. The number of anilines is 3. The van der Waals surface area contributed by atoms with E-state index < -0.39 is 0 Å². The average molecular weight is 315 g/mol. The number of hydrogen-bond donors (Lipinski definition) is 2. The molecule has 1 aromatic heterocycles. The van der Waals surface area contributed by atoms with Crippen molar-refractivity contribution in [3.8, 4) is 0 Å². The lowest BCUT2D eigenvalue weighted by Gasteiger charge is -2.07. The van der Waals surface area contributed by atoms with Gasteiger partial charge in [-0.05, 0) is 35.0 Å². The Hall–Kier alpha value is -2.14. The third-order valence-electron chi connectivity index (χ3n) is 2.75. The van der Waals surface area contributed by atoms with Crippen molar-refractivity contribution in [2.75, 3.05) is 11.1 Å². The molecule has 0 spiro atoms. The first-order valence-corrected chi connectivity index (χ1v) is 6.54. The van der Waals surface area contributed by atoms with Crippen molar-refractivity contribution in [1.82, 2.24) is 9.97 Å². The van der Waals surface area contributed by atoms with Gasteiger partial charge in [0.15, 0.2) is 0 Å². The van der Waals surface area contributed by atoms with Gasteiger partial charge < -0.3 is 11.1 Å². The van der Waals surface area contributed by atoms with Gasteiger partial charge in [0.25, 0.3) is 0 Å². The molecule has 3 N–H and O–H groups in total. The Balaban J connectivity index is 1.93. The lowest BCUT2D eigenvalue weighted by Crippen LogP contribution is -1.97. The molecular weight excluding hydrogens is 304 g/mol. The van der Waals surface area contributed by atoms with E-state index in [1.165, 1.54) is 11.6 Å². The Morgan fingerprint density at radius 2 is 1.74 bits per heavy atom. The summed E-state index contributed by atoms with van der Waals surface area (Å²) in [5, 5.41) is 5.54. The Bertz CT molecular complexity index is 725. The van der Waals surface area contributed by atoms with Gasteiger partial charge in [0.1, 0.15) is 11.6 Å². The highest BCUT2D eigenvalue weighted by atomic mass is 79.9. The molecule has 0 aliphatic carbocycles. The zero-order valence-corrected chi connectivity index (χ0v) is 11.6. The van der Waals surface area contributed by atoms with Crippen LogP contribution in [0.15, 0.2) is 53.3 Å². The molecule has 5 heteroatoms. The largest absolute Gasteiger partial charge is 0.382 e. The molecule has 0 unspecified atom stereocenters. The number of halogens is 1. The number of nitrogens with one attached hydrogen (secondary N) is 1. The van der Waals surface area contributed by atoms with Crippen molar-refractivity contribution in [1.29, 1.82) is 0 Å². The van der Waals surface area contributed by atoms with Crippen LogP contribution in [0.4, 0.5) is 17.3 Å². The molecule has 0 fully saturated rings. The minimum absolute atomic E-state index is 0.411. The number of nitrogens with two attached hydrogens (primary N) is 1. The van der Waals surface area contributed by atoms with Crippen LogP contribution in [0.5, 0.6) is 0 Å². The fraction of sp³-hybridized carbons (Fsp3) is 0. The van der Waals surface area contributed by atoms with E-state index in [0.29, 0.717) is 11.6 Å². The first kappa shape index (κ1) is 11.9. The maximum atomic E-state index is 5.50. The lowest BCUT2D eigenvalue weighted by molar-refractivity contribution is 1.21. The standard InChI is InChI=1S/C14H11BrN4/c15-11-3-1-10-6-12(4-2-9(10)5-11)19-14-8-17-13(16)7-18-14/h1-8H,(H2,16,17)(H,18,19). The lowest BCUT2D eigenvalue weighted by atomic mass is 10.1. The number of rotatable bonds is 2. The first-order valence-electron chi connectivity index (χ1n) is 5.74. The smallest absolute Gasteiger partial charge is 0.149 e. The van der Waals surface area contributed by atoms with Gasteiger partial charge in [0.2, 0.25) is 0 Å². The topological polar surface area (TPSA) is 63.8 Å². The molecule has 3 rings (SSSR count). The van der Waals surface area contributed by atoms with Crippen LogP contribution in [0, 0.1) is 0 Å². The quantitative estimate of drug-likeness (QED) is 0.756. The summed E-state index contributed by atoms with van der Waals surface area (Å²) in [7, 11) is 0. The molecule has 4 nitrogen and oxygen atoms in total. The van der Waals surface area contributed by atoms with E-state index in [1.54, 1.807) is 6.20 Å². The van der Waals surface area contributed by atoms with E-state index in [-0.39, 0.29) is 0 Å². The summed E-state index contributed by atoms with van der Waals surface area (Å²) in [6, 6.07) is 12.3. The van der Waals surface area contributed by atoms with Crippen molar-refractivity contribution < 1.29 is 0 Å². The van der Waals surface area contributed by atoms with Crippen molar-refractivity contribution in [3.05, 3.63) is 53.3 Å². The Kier molecular flexibility index (Phi) is 3.05. The van der Waals surface area contributed by atoms with Gasteiger partial charge in [-0.15, -0.1) is 0 Å². The number of hydrogen-bond acceptors (Lipinski definition) is 4. The van der Waals surface area contributed by atoms with Gasteiger partial charge in [0, 0.05) is 10.2 Å². The molecule has 0 bridgehead atoms. The van der Waals surface area contributed by atoms with Gasteiger partial charge in [-0.1, -0.05) is 28.1 Å². The van der Waals surface area contributed by atoms with Crippen LogP contribution in [0.1, 0.15) is 0 Å². The SMILES string of the molecule is Nc1cnc(Nc2ccc3cc(Br)ccc3c2)cn1. The molecule has 2 aromatic carbocycles. The summed E-state index contributed by atoms with van der Waals surface area (Å²) in [6.45, 7) is 0. The number of nitrogens with zero attached hydrogens (tertiary/aromatic N) is 2. The number of aromatic nitrogens is 2. The molecule has 0 radical (unpaired) electrons. The molecular formula is C14H11BrN4. The minimum Gasteiger partial charge on any atom is -0.382 e. The second-order valence-electron chi connectivity index (χ2n) is 4.16. The molecule has 0 aliphatic rings. The van der Waals surface area contributed by atoms with Crippen LogP contribution in [-0.4, -0.2) is 9.97 Å². The number of fused-ring (bicyclic) bond motifs is 1. The summed E-state index contributed by atoms with van der Waals surface area (Å²) in [4.78, 5) is 8.16. The zero-order valence-electron chi connectivity index (χ0n) is 9.97. The molecule has 0 atom stereocenters. The second-order valence-corrected chi connectivity index (χ2v) is 5.07. The fourth-order valence-corrected chi connectivity index (χ4v) is 2.22. The van der Waals surface area contributed by atoms with Crippen LogP contribution in [0.3, 0.4) is 0 Å². The van der Waals surface area contributed by atoms with Gasteiger partial charge in [-0.3, -0.25) is 0 Å². The van der Waals surface area contributed by atoms with Gasteiger partial charge in [-0.25, -0.2) is 9.97 Å². The molecule has 1 heterocycles. The highest BCUT2D eigenvalue weighted by Crippen LogP contribution is 2.24. The van der Waals surface area contributed by atoms with E-state index in [0.717, 1.165) is 15.5 Å². The van der Waals surface area contributed by atoms with Crippen molar-refractivity contribution in [3.63, 3.8) is 0 Å².